The lowest BCUT2D eigenvalue weighted by molar-refractivity contribution is 0.102. The van der Waals surface area contributed by atoms with Crippen LogP contribution in [-0.2, 0) is 13.5 Å². The minimum atomic E-state index is -0.320. The third-order valence-corrected chi connectivity index (χ3v) is 3.12. The van der Waals surface area contributed by atoms with E-state index in [9.17, 15) is 9.59 Å². The Labute approximate surface area is 129 Å². The van der Waals surface area contributed by atoms with Crippen molar-refractivity contribution in [3.05, 3.63) is 45.5 Å². The normalized spacial score (nSPS) is 11.5. The van der Waals surface area contributed by atoms with Gasteiger partial charge in [-0.25, -0.2) is 0 Å². The summed E-state index contributed by atoms with van der Waals surface area (Å²) in [5, 5.41) is 7.21. The lowest BCUT2D eigenvalue weighted by Crippen LogP contribution is -2.18. The zero-order valence-corrected chi connectivity index (χ0v) is 13.7. The molecule has 2 aromatic heterocycles. The van der Waals surface area contributed by atoms with Gasteiger partial charge in [0, 0.05) is 30.4 Å². The SMILES string of the molecule is Cc1cc(C(=O)Nc2cc(CC(C)(C)C)nn2C)cc(=O)[nH]1. The number of aryl methyl sites for hydroxylation is 2. The number of H-pyrrole nitrogens is 1. The molecule has 2 N–H and O–H groups in total. The van der Waals surface area contributed by atoms with Gasteiger partial charge in [0.1, 0.15) is 5.82 Å². The number of rotatable bonds is 3. The molecule has 0 aromatic carbocycles. The molecule has 0 unspecified atom stereocenters. The van der Waals surface area contributed by atoms with Gasteiger partial charge in [-0.1, -0.05) is 20.8 Å². The van der Waals surface area contributed by atoms with Crippen LogP contribution in [0.1, 0.15) is 42.5 Å². The number of hydrogen-bond acceptors (Lipinski definition) is 3. The van der Waals surface area contributed by atoms with Gasteiger partial charge in [-0.15, -0.1) is 0 Å². The quantitative estimate of drug-likeness (QED) is 0.912. The van der Waals surface area contributed by atoms with Crippen molar-refractivity contribution in [1.82, 2.24) is 14.8 Å². The van der Waals surface area contributed by atoms with E-state index >= 15 is 0 Å². The first-order valence-electron chi connectivity index (χ1n) is 7.19. The van der Waals surface area contributed by atoms with Crippen LogP contribution < -0.4 is 10.9 Å². The zero-order chi connectivity index (χ0) is 16.5. The Morgan fingerprint density at radius 3 is 2.59 bits per heavy atom. The molecule has 6 nitrogen and oxygen atoms in total. The lowest BCUT2D eigenvalue weighted by atomic mass is 9.91. The second kappa shape index (κ2) is 5.79. The first-order valence-corrected chi connectivity index (χ1v) is 7.19. The van der Waals surface area contributed by atoms with Crippen LogP contribution in [0, 0.1) is 12.3 Å². The molecule has 22 heavy (non-hydrogen) atoms. The summed E-state index contributed by atoms with van der Waals surface area (Å²) >= 11 is 0. The van der Waals surface area contributed by atoms with E-state index in [2.05, 4.69) is 36.2 Å². The molecule has 118 valence electrons. The maximum Gasteiger partial charge on any atom is 0.257 e. The van der Waals surface area contributed by atoms with Crippen molar-refractivity contribution in [2.24, 2.45) is 12.5 Å². The number of aromatic nitrogens is 3. The molecule has 2 aromatic rings. The minimum absolute atomic E-state index is 0.124. The smallest absolute Gasteiger partial charge is 0.257 e. The number of amides is 1. The van der Waals surface area contributed by atoms with Crippen molar-refractivity contribution in [2.45, 2.75) is 34.1 Å². The van der Waals surface area contributed by atoms with Gasteiger partial charge >= 0.3 is 0 Å². The average Bonchev–Trinajstić information content (AvgIpc) is 2.65. The minimum Gasteiger partial charge on any atom is -0.326 e. The summed E-state index contributed by atoms with van der Waals surface area (Å²) in [5.41, 5.74) is 1.74. The number of aromatic amines is 1. The van der Waals surface area contributed by atoms with Crippen LogP contribution in [0.3, 0.4) is 0 Å². The predicted molar refractivity (Wildman–Crippen MR) is 86.1 cm³/mol. The van der Waals surface area contributed by atoms with Gasteiger partial charge < -0.3 is 10.3 Å². The monoisotopic (exact) mass is 302 g/mol. The highest BCUT2D eigenvalue weighted by molar-refractivity contribution is 6.03. The molecule has 2 rings (SSSR count). The number of anilines is 1. The Balaban J connectivity index is 2.20. The van der Waals surface area contributed by atoms with Crippen molar-refractivity contribution in [3.63, 3.8) is 0 Å². The molecule has 0 bridgehead atoms. The van der Waals surface area contributed by atoms with Crippen LogP contribution in [0.4, 0.5) is 5.82 Å². The largest absolute Gasteiger partial charge is 0.326 e. The van der Waals surface area contributed by atoms with Crippen LogP contribution in [0.5, 0.6) is 0 Å². The first-order chi connectivity index (χ1) is 10.1. The van der Waals surface area contributed by atoms with E-state index in [0.717, 1.165) is 12.1 Å². The van der Waals surface area contributed by atoms with Crippen LogP contribution in [0.25, 0.3) is 0 Å². The number of nitrogens with one attached hydrogen (secondary N) is 2. The second-order valence-corrected chi connectivity index (χ2v) is 6.75. The van der Waals surface area contributed by atoms with E-state index < -0.39 is 0 Å². The third kappa shape index (κ3) is 4.07. The van der Waals surface area contributed by atoms with Crippen molar-refractivity contribution in [3.8, 4) is 0 Å². The Morgan fingerprint density at radius 1 is 1.32 bits per heavy atom. The van der Waals surface area contributed by atoms with E-state index in [4.69, 9.17) is 0 Å². The highest BCUT2D eigenvalue weighted by Crippen LogP contribution is 2.21. The summed E-state index contributed by atoms with van der Waals surface area (Å²) in [6.07, 6.45) is 0.820. The molecule has 0 atom stereocenters. The fraction of sp³-hybridized carbons (Fsp3) is 0.438. The van der Waals surface area contributed by atoms with E-state index in [1.807, 2.05) is 6.07 Å². The molecule has 0 saturated carbocycles. The van der Waals surface area contributed by atoms with Crippen LogP contribution >= 0.6 is 0 Å². The van der Waals surface area contributed by atoms with Crippen LogP contribution in [-0.4, -0.2) is 20.7 Å². The van der Waals surface area contributed by atoms with E-state index in [1.54, 1.807) is 24.7 Å². The maximum atomic E-state index is 12.3. The van der Waals surface area contributed by atoms with Crippen LogP contribution in [0.2, 0.25) is 0 Å². The van der Waals surface area contributed by atoms with Crippen molar-refractivity contribution in [1.29, 1.82) is 0 Å². The highest BCUT2D eigenvalue weighted by Gasteiger charge is 2.16. The van der Waals surface area contributed by atoms with Gasteiger partial charge in [0.25, 0.3) is 5.91 Å². The zero-order valence-electron chi connectivity index (χ0n) is 13.7. The van der Waals surface area contributed by atoms with E-state index in [1.165, 1.54) is 6.07 Å². The highest BCUT2D eigenvalue weighted by atomic mass is 16.2. The lowest BCUT2D eigenvalue weighted by Gasteiger charge is -2.15. The molecule has 6 heteroatoms. The number of hydrogen-bond donors (Lipinski definition) is 2. The molecule has 0 saturated heterocycles. The number of carbonyl (C=O) groups excluding carboxylic acids is 1. The van der Waals surface area contributed by atoms with Gasteiger partial charge in [-0.05, 0) is 24.8 Å². The summed E-state index contributed by atoms with van der Waals surface area (Å²) < 4.78 is 1.64. The van der Waals surface area contributed by atoms with E-state index in [-0.39, 0.29) is 16.9 Å². The van der Waals surface area contributed by atoms with Crippen molar-refractivity contribution in [2.75, 3.05) is 5.32 Å². The average molecular weight is 302 g/mol. The van der Waals surface area contributed by atoms with Gasteiger partial charge in [-0.3, -0.25) is 14.3 Å². The van der Waals surface area contributed by atoms with Crippen LogP contribution in [0.15, 0.2) is 23.0 Å². The van der Waals surface area contributed by atoms with Gasteiger partial charge in [0.05, 0.1) is 5.69 Å². The van der Waals surface area contributed by atoms with Crippen molar-refractivity contribution >= 4 is 11.7 Å². The Bertz CT molecular complexity index is 750. The summed E-state index contributed by atoms with van der Waals surface area (Å²) in [6.45, 7) is 8.15. The summed E-state index contributed by atoms with van der Waals surface area (Å²) in [4.78, 5) is 26.3. The molecule has 0 aliphatic rings. The number of nitrogens with zero attached hydrogens (tertiary/aromatic N) is 2. The molecule has 0 aliphatic heterocycles. The first kappa shape index (κ1) is 16.0. The third-order valence-electron chi connectivity index (χ3n) is 3.12. The summed E-state index contributed by atoms with van der Waals surface area (Å²) in [7, 11) is 1.78. The van der Waals surface area contributed by atoms with Gasteiger partial charge in [0.15, 0.2) is 0 Å². The molecule has 0 radical (unpaired) electrons. The Morgan fingerprint density at radius 2 is 2.00 bits per heavy atom. The van der Waals surface area contributed by atoms with Gasteiger partial charge in [0.2, 0.25) is 5.56 Å². The predicted octanol–water partition coefficient (Wildman–Crippen LogP) is 2.26. The maximum absolute atomic E-state index is 12.3. The molecule has 0 aliphatic carbocycles. The fourth-order valence-electron chi connectivity index (χ4n) is 2.28. The molecular weight excluding hydrogens is 280 g/mol. The Kier molecular flexibility index (Phi) is 4.21. The fourth-order valence-corrected chi connectivity index (χ4v) is 2.28. The molecule has 0 spiro atoms. The standard InChI is InChI=1S/C16H22N4O2/c1-10-6-11(7-14(21)17-10)15(22)18-13-8-12(19-20(13)5)9-16(2,3)4/h6-8H,9H2,1-5H3,(H,17,21)(H,18,22). The van der Waals surface area contributed by atoms with Crippen molar-refractivity contribution < 1.29 is 4.79 Å². The summed E-state index contributed by atoms with van der Waals surface area (Å²) in [6, 6.07) is 4.79. The molecule has 1 amide bonds. The second-order valence-electron chi connectivity index (χ2n) is 6.75. The summed E-state index contributed by atoms with van der Waals surface area (Å²) in [5.74, 6) is 0.293. The molecule has 0 fully saturated rings. The Hall–Kier alpha value is -2.37. The van der Waals surface area contributed by atoms with E-state index in [0.29, 0.717) is 17.1 Å². The topological polar surface area (TPSA) is 79.8 Å². The number of pyridine rings is 1. The number of carbonyl (C=O) groups is 1. The molecular formula is C16H22N4O2. The molecule has 2 heterocycles. The van der Waals surface area contributed by atoms with Gasteiger partial charge in [-0.2, -0.15) is 5.10 Å².